The van der Waals surface area contributed by atoms with E-state index in [1.807, 2.05) is 48.5 Å². The lowest BCUT2D eigenvalue weighted by atomic mass is 9.79. The van der Waals surface area contributed by atoms with E-state index < -0.39 is 67.9 Å². The Bertz CT molecular complexity index is 2520. The quantitative estimate of drug-likeness (QED) is 0.107. The van der Waals surface area contributed by atoms with Crippen molar-refractivity contribution in [2.24, 2.45) is 53.3 Å². The molecule has 76 heavy (non-hydrogen) atoms. The van der Waals surface area contributed by atoms with Gasteiger partial charge in [0.25, 0.3) is 0 Å². The lowest BCUT2D eigenvalue weighted by molar-refractivity contribution is -0.245. The average molecular weight is 1330 g/mol. The van der Waals surface area contributed by atoms with Gasteiger partial charge in [0.05, 0.1) is 38.1 Å². The Morgan fingerprint density at radius 2 is 0.645 bits per heavy atom. The van der Waals surface area contributed by atoms with Crippen molar-refractivity contribution in [2.75, 3.05) is 26.9 Å². The normalized spacial score (nSPS) is 29.8. The van der Waals surface area contributed by atoms with Crippen LogP contribution in [-0.2, 0) is 81.8 Å². The zero-order valence-corrected chi connectivity index (χ0v) is 51.4. The van der Waals surface area contributed by atoms with Gasteiger partial charge in [-0.15, -0.1) is 0 Å². The summed E-state index contributed by atoms with van der Waals surface area (Å²) in [5.74, 6) is 0.542. The largest absolute Gasteiger partial charge is 0.449 e. The van der Waals surface area contributed by atoms with Gasteiger partial charge in [-0.25, -0.2) is 12.5 Å². The van der Waals surface area contributed by atoms with Gasteiger partial charge >= 0.3 is 43.1 Å². The summed E-state index contributed by atoms with van der Waals surface area (Å²) in [6.07, 6.45) is -3.32. The third-order valence-corrected chi connectivity index (χ3v) is 18.0. The Morgan fingerprint density at radius 3 is 0.882 bits per heavy atom. The van der Waals surface area contributed by atoms with Crippen LogP contribution in [0.5, 0.6) is 17.2 Å². The van der Waals surface area contributed by atoms with E-state index in [1.165, 1.54) is 50.2 Å². The fourth-order valence-electron chi connectivity index (χ4n) is 8.24. The second-order valence-corrected chi connectivity index (χ2v) is 25.4. The molecule has 15 atom stereocenters. The highest BCUT2D eigenvalue weighted by Crippen LogP contribution is 2.38. The van der Waals surface area contributed by atoms with E-state index in [2.05, 4.69) is 61.6 Å². The van der Waals surface area contributed by atoms with Crippen LogP contribution in [0.15, 0.2) is 86.2 Å². The summed E-state index contributed by atoms with van der Waals surface area (Å²) in [4.78, 5) is 22.5. The average Bonchev–Trinajstić information content (AvgIpc) is 3.34. The molecule has 6 rings (SSSR count). The predicted octanol–water partition coefficient (Wildman–Crippen LogP) is 9.94. The molecule has 8 unspecified atom stereocenters. The molecule has 3 aromatic carbocycles. The number of ether oxygens (including phenoxy) is 6. The number of hydrogen-bond acceptors (Lipinski definition) is 20. The molecular formula is C50H69Br3O20S3. The summed E-state index contributed by atoms with van der Waals surface area (Å²) in [7, 11) is -11.1. The number of carbonyl (C=O) groups excluding carboxylic acids is 2. The number of benzene rings is 3. The molecule has 0 bridgehead atoms. The van der Waals surface area contributed by atoms with Gasteiger partial charge in [-0.05, 0) is 108 Å². The molecule has 26 heteroatoms. The van der Waals surface area contributed by atoms with Gasteiger partial charge in [0.15, 0.2) is 6.29 Å². The molecule has 0 saturated carbocycles. The molecule has 3 aliphatic rings. The maximum absolute atomic E-state index is 12.0. The van der Waals surface area contributed by atoms with Gasteiger partial charge < -0.3 is 41.0 Å². The zero-order chi connectivity index (χ0) is 56.9. The number of carbonyl (C=O) groups is 2. The monoisotopic (exact) mass is 1320 g/mol. The van der Waals surface area contributed by atoms with E-state index in [4.69, 9.17) is 53.5 Å². The van der Waals surface area contributed by atoms with Crippen molar-refractivity contribution in [1.82, 2.24) is 0 Å². The van der Waals surface area contributed by atoms with Crippen LogP contribution in [0.1, 0.15) is 76.2 Å². The zero-order valence-electron chi connectivity index (χ0n) is 44.2. The topological polar surface area (TPSA) is 247 Å². The molecular weight excluding hydrogens is 1260 g/mol. The molecule has 0 radical (unpaired) electrons. The molecule has 3 aliphatic heterocycles. The van der Waals surface area contributed by atoms with E-state index in [9.17, 15) is 34.8 Å². The standard InChI is InChI=1S/2C17H23BrO7S.C16H23BrO6S/c2*1-10-11(2)16(24-17(12(10)3)23-13(4)19)9-22-26(20,21)25-15-7-5-14(18)6-8-15;1-10-11(2)15(22-16(20-4)12(10)3)9-21-24(18,19)23-14-7-5-13(17)6-8-14/h2*5-8,10-12,16-17H,9H2,1-4H3;5-8,10-12,15-16H,9H2,1-4H3/t2*10-,11-,12?,16?,17?;10-,11-,12?,15?,16-/m000/s1. The third-order valence-electron chi connectivity index (χ3n) is 13.9. The Morgan fingerprint density at radius 1 is 0.408 bits per heavy atom. The van der Waals surface area contributed by atoms with Crippen LogP contribution in [0.3, 0.4) is 0 Å². The first kappa shape index (κ1) is 65.5. The van der Waals surface area contributed by atoms with Crippen molar-refractivity contribution >= 4 is 90.9 Å². The number of halogens is 3. The minimum absolute atomic E-state index is 0.0132. The molecule has 0 spiro atoms. The lowest BCUT2D eigenvalue weighted by Crippen LogP contribution is -2.48. The van der Waals surface area contributed by atoms with Crippen molar-refractivity contribution < 1.29 is 88.4 Å². The Kier molecular flexibility index (Phi) is 25.4. The lowest BCUT2D eigenvalue weighted by Gasteiger charge is -2.42. The molecule has 20 nitrogen and oxygen atoms in total. The fourth-order valence-corrected chi connectivity index (χ4v) is 11.1. The van der Waals surface area contributed by atoms with Gasteiger partial charge in [-0.1, -0.05) is 110 Å². The van der Waals surface area contributed by atoms with Crippen molar-refractivity contribution in [3.63, 3.8) is 0 Å². The van der Waals surface area contributed by atoms with Gasteiger partial charge in [0.1, 0.15) is 17.2 Å². The Balaban J connectivity index is 0.000000247. The predicted molar refractivity (Wildman–Crippen MR) is 288 cm³/mol. The number of rotatable bonds is 18. The number of esters is 2. The van der Waals surface area contributed by atoms with Crippen LogP contribution >= 0.6 is 47.8 Å². The minimum Gasteiger partial charge on any atom is -0.436 e. The molecule has 0 N–H and O–H groups in total. The first-order valence-electron chi connectivity index (χ1n) is 24.3. The summed E-state index contributed by atoms with van der Waals surface area (Å²) < 4.78 is 137. The summed E-state index contributed by atoms with van der Waals surface area (Å²) in [5.41, 5.74) is 0. The highest BCUT2D eigenvalue weighted by Gasteiger charge is 2.44. The molecule has 428 valence electrons. The molecule has 3 saturated heterocycles. The summed E-state index contributed by atoms with van der Waals surface area (Å²) in [6, 6.07) is 19.1. The Labute approximate surface area is 473 Å². The first-order valence-corrected chi connectivity index (χ1v) is 30.7. The molecule has 0 amide bonds. The van der Waals surface area contributed by atoms with E-state index in [0.29, 0.717) is 5.92 Å². The van der Waals surface area contributed by atoms with Crippen molar-refractivity contribution in [3.8, 4) is 17.2 Å². The van der Waals surface area contributed by atoms with Crippen molar-refractivity contribution in [1.29, 1.82) is 0 Å². The molecule has 3 aromatic rings. The molecule has 3 heterocycles. The van der Waals surface area contributed by atoms with Gasteiger partial charge in [-0.2, -0.15) is 25.3 Å². The smallest absolute Gasteiger partial charge is 0.436 e. The third kappa shape index (κ3) is 20.6. The number of methoxy groups -OCH3 is 1. The van der Waals surface area contributed by atoms with Gasteiger partial charge in [0, 0.05) is 52.1 Å². The van der Waals surface area contributed by atoms with E-state index >= 15 is 0 Å². The summed E-state index contributed by atoms with van der Waals surface area (Å²) in [6.45, 7) is 20.0. The van der Waals surface area contributed by atoms with Crippen LogP contribution in [0.2, 0.25) is 0 Å². The maximum atomic E-state index is 12.0. The fraction of sp³-hybridized carbons (Fsp3) is 0.600. The van der Waals surface area contributed by atoms with E-state index in [1.54, 1.807) is 43.5 Å². The molecule has 0 aliphatic carbocycles. The van der Waals surface area contributed by atoms with Crippen LogP contribution < -0.4 is 12.5 Å². The molecule has 3 fully saturated rings. The Hall–Kier alpha value is -2.99. The van der Waals surface area contributed by atoms with Crippen molar-refractivity contribution in [2.45, 2.75) is 113 Å². The number of hydrogen-bond donors (Lipinski definition) is 0. The SMILES string of the molecule is CC(=O)OC1OC(COS(=O)(=O)Oc2ccc(Br)cc2)[C@@H](C)[C@H](C)C1C.CC(=O)OC1OC(COS(=O)(=O)Oc2ccc(Br)cc2)[C@@H](C)[C@H](C)C1C.CO[C@H]1OC(COS(=O)(=O)Oc2ccc(Br)cc2)[C@@H](C)[C@H](C)C1C. The van der Waals surface area contributed by atoms with Crippen LogP contribution in [0.4, 0.5) is 0 Å². The second-order valence-electron chi connectivity index (χ2n) is 19.0. The van der Waals surface area contributed by atoms with E-state index in [-0.39, 0.29) is 96.8 Å². The maximum Gasteiger partial charge on any atom is 0.449 e. The van der Waals surface area contributed by atoms with Crippen molar-refractivity contribution in [3.05, 3.63) is 86.2 Å². The second kappa shape index (κ2) is 29.5. The highest BCUT2D eigenvalue weighted by molar-refractivity contribution is 9.11. The van der Waals surface area contributed by atoms with Crippen LogP contribution in [0.25, 0.3) is 0 Å². The molecule has 0 aromatic heterocycles. The van der Waals surface area contributed by atoms with Gasteiger partial charge in [0.2, 0.25) is 12.6 Å². The highest BCUT2D eigenvalue weighted by atomic mass is 79.9. The minimum atomic E-state index is -4.24. The summed E-state index contributed by atoms with van der Waals surface area (Å²) in [5, 5.41) is 0. The summed E-state index contributed by atoms with van der Waals surface area (Å²) >= 11 is 9.79. The van der Waals surface area contributed by atoms with Crippen LogP contribution in [-0.4, -0.2) is 101 Å². The van der Waals surface area contributed by atoms with E-state index in [0.717, 1.165) is 13.4 Å². The van der Waals surface area contributed by atoms with Gasteiger partial charge in [-0.3, -0.25) is 9.59 Å². The van der Waals surface area contributed by atoms with Crippen LogP contribution in [0, 0.1) is 53.3 Å². The first-order chi connectivity index (χ1) is 35.4.